The van der Waals surface area contributed by atoms with Crippen LogP contribution in [-0.2, 0) is 20.7 Å². The fraction of sp³-hybridized carbons (Fsp3) is 0.500. The molecule has 3 amide bonds. The summed E-state index contributed by atoms with van der Waals surface area (Å²) in [5.74, 6) is -0.585. The number of hydrogen-bond donors (Lipinski definition) is 2. The quantitative estimate of drug-likeness (QED) is 0.401. The highest BCUT2D eigenvalue weighted by Gasteiger charge is 2.37. The third-order valence-electron chi connectivity index (χ3n) is 5.80. The fourth-order valence-electron chi connectivity index (χ4n) is 4.12. The summed E-state index contributed by atoms with van der Waals surface area (Å²) in [7, 11) is 0. The predicted octanol–water partition coefficient (Wildman–Crippen LogP) is 5.33. The zero-order valence-corrected chi connectivity index (χ0v) is 23.3. The third kappa shape index (κ3) is 9.56. The molecule has 0 fully saturated rings. The van der Waals surface area contributed by atoms with Crippen LogP contribution in [0.25, 0.3) is 0 Å². The van der Waals surface area contributed by atoms with Gasteiger partial charge < -0.3 is 20.3 Å². The van der Waals surface area contributed by atoms with Crippen molar-refractivity contribution < 1.29 is 19.1 Å². The van der Waals surface area contributed by atoms with Crippen LogP contribution in [0, 0.1) is 6.92 Å². The molecular formula is C30H43N3O4. The molecule has 0 spiro atoms. The molecule has 37 heavy (non-hydrogen) atoms. The number of rotatable bonds is 11. The SMILES string of the molecule is CCCCNC(=O)C(c1cccc(C)c1)N(C(=O)C(Cc1ccccc1)NC(=O)OC(C)(C)C)C(C)C. The lowest BCUT2D eigenvalue weighted by atomic mass is 9.98. The first-order chi connectivity index (χ1) is 17.4. The van der Waals surface area contributed by atoms with Crippen molar-refractivity contribution in [3.63, 3.8) is 0 Å². The van der Waals surface area contributed by atoms with Gasteiger partial charge in [-0.25, -0.2) is 4.79 Å². The molecule has 202 valence electrons. The van der Waals surface area contributed by atoms with Gasteiger partial charge in [-0.3, -0.25) is 9.59 Å². The zero-order valence-electron chi connectivity index (χ0n) is 23.3. The number of unbranched alkanes of at least 4 members (excludes halogenated alkanes) is 1. The van der Waals surface area contributed by atoms with Crippen LogP contribution in [0.1, 0.15) is 77.1 Å². The number of alkyl carbamates (subject to hydrolysis) is 1. The largest absolute Gasteiger partial charge is 0.444 e. The van der Waals surface area contributed by atoms with Crippen LogP contribution in [0.5, 0.6) is 0 Å². The van der Waals surface area contributed by atoms with Crippen LogP contribution in [-0.4, -0.2) is 47.0 Å². The van der Waals surface area contributed by atoms with Gasteiger partial charge in [-0.2, -0.15) is 0 Å². The number of aryl methyl sites for hydroxylation is 1. The Morgan fingerprint density at radius 2 is 1.68 bits per heavy atom. The molecular weight excluding hydrogens is 466 g/mol. The molecule has 2 aromatic rings. The normalized spacial score (nSPS) is 13.0. The highest BCUT2D eigenvalue weighted by molar-refractivity contribution is 5.92. The lowest BCUT2D eigenvalue weighted by Crippen LogP contribution is -2.55. The Balaban J connectivity index is 2.49. The van der Waals surface area contributed by atoms with Gasteiger partial charge in [0.05, 0.1) is 0 Å². The summed E-state index contributed by atoms with van der Waals surface area (Å²) in [4.78, 5) is 42.1. The molecule has 0 aromatic heterocycles. The van der Waals surface area contributed by atoms with Gasteiger partial charge in [-0.1, -0.05) is 73.5 Å². The smallest absolute Gasteiger partial charge is 0.408 e. The van der Waals surface area contributed by atoms with E-state index in [9.17, 15) is 14.4 Å². The second-order valence-electron chi connectivity index (χ2n) is 10.7. The van der Waals surface area contributed by atoms with Crippen molar-refractivity contribution in [2.24, 2.45) is 0 Å². The number of carbonyl (C=O) groups is 3. The molecule has 2 unspecified atom stereocenters. The van der Waals surface area contributed by atoms with E-state index in [-0.39, 0.29) is 24.3 Å². The maximum absolute atomic E-state index is 14.2. The number of nitrogens with zero attached hydrogens (tertiary/aromatic N) is 1. The molecule has 0 bridgehead atoms. The van der Waals surface area contributed by atoms with Gasteiger partial charge in [-0.15, -0.1) is 0 Å². The van der Waals surface area contributed by atoms with Crippen molar-refractivity contribution in [2.75, 3.05) is 6.54 Å². The highest BCUT2D eigenvalue weighted by Crippen LogP contribution is 2.26. The molecule has 2 N–H and O–H groups in total. The maximum Gasteiger partial charge on any atom is 0.408 e. The Bertz CT molecular complexity index is 1030. The fourth-order valence-corrected chi connectivity index (χ4v) is 4.12. The van der Waals surface area contributed by atoms with E-state index in [2.05, 4.69) is 17.6 Å². The molecule has 7 heteroatoms. The Kier molecular flexibility index (Phi) is 11.2. The number of hydrogen-bond acceptors (Lipinski definition) is 4. The Labute approximate surface area is 222 Å². The lowest BCUT2D eigenvalue weighted by Gasteiger charge is -2.37. The van der Waals surface area contributed by atoms with Crippen molar-refractivity contribution in [1.82, 2.24) is 15.5 Å². The molecule has 0 radical (unpaired) electrons. The van der Waals surface area contributed by atoms with Crippen LogP contribution in [0.15, 0.2) is 54.6 Å². The van der Waals surface area contributed by atoms with Crippen molar-refractivity contribution in [2.45, 2.75) is 91.5 Å². The Hall–Kier alpha value is -3.35. The number of ether oxygens (including phenoxy) is 1. The molecule has 0 heterocycles. The maximum atomic E-state index is 14.2. The molecule has 7 nitrogen and oxygen atoms in total. The number of benzene rings is 2. The number of carbonyl (C=O) groups excluding carboxylic acids is 3. The molecule has 2 aromatic carbocycles. The van der Waals surface area contributed by atoms with E-state index in [4.69, 9.17) is 4.74 Å². The summed E-state index contributed by atoms with van der Waals surface area (Å²) >= 11 is 0. The van der Waals surface area contributed by atoms with Crippen molar-refractivity contribution in [3.8, 4) is 0 Å². The van der Waals surface area contributed by atoms with Crippen LogP contribution in [0.4, 0.5) is 4.79 Å². The Morgan fingerprint density at radius 3 is 2.24 bits per heavy atom. The van der Waals surface area contributed by atoms with E-state index >= 15 is 0 Å². The van der Waals surface area contributed by atoms with Crippen LogP contribution < -0.4 is 10.6 Å². The predicted molar refractivity (Wildman–Crippen MR) is 147 cm³/mol. The van der Waals surface area contributed by atoms with Gasteiger partial charge in [0.25, 0.3) is 0 Å². The van der Waals surface area contributed by atoms with Gasteiger partial charge >= 0.3 is 6.09 Å². The monoisotopic (exact) mass is 509 g/mol. The van der Waals surface area contributed by atoms with Gasteiger partial charge in [0.2, 0.25) is 11.8 Å². The molecule has 0 aliphatic heterocycles. The summed E-state index contributed by atoms with van der Waals surface area (Å²) in [6.45, 7) is 13.6. The number of nitrogens with one attached hydrogen (secondary N) is 2. The van der Waals surface area contributed by atoms with Crippen LogP contribution in [0.2, 0.25) is 0 Å². The Morgan fingerprint density at radius 1 is 1.00 bits per heavy atom. The average molecular weight is 510 g/mol. The minimum atomic E-state index is -0.921. The summed E-state index contributed by atoms with van der Waals surface area (Å²) < 4.78 is 5.47. The minimum Gasteiger partial charge on any atom is -0.444 e. The lowest BCUT2D eigenvalue weighted by molar-refractivity contribution is -0.144. The summed E-state index contributed by atoms with van der Waals surface area (Å²) in [5, 5.41) is 5.79. The first-order valence-electron chi connectivity index (χ1n) is 13.1. The summed E-state index contributed by atoms with van der Waals surface area (Å²) in [5.41, 5.74) is 1.89. The molecule has 0 aliphatic rings. The van der Waals surface area contributed by atoms with Gasteiger partial charge in [0, 0.05) is 19.0 Å². The molecule has 0 aliphatic carbocycles. The van der Waals surface area contributed by atoms with E-state index in [1.807, 2.05) is 75.4 Å². The summed E-state index contributed by atoms with van der Waals surface area (Å²) in [6.07, 6.45) is 1.38. The molecule has 0 saturated carbocycles. The first-order valence-corrected chi connectivity index (χ1v) is 13.1. The minimum absolute atomic E-state index is 0.239. The van der Waals surface area contributed by atoms with E-state index in [1.165, 1.54) is 0 Å². The second-order valence-corrected chi connectivity index (χ2v) is 10.7. The standard InChI is InChI=1S/C30H43N3O4/c1-8-9-18-31-27(34)26(24-17-13-14-22(4)19-24)33(21(2)3)28(35)25(20-23-15-11-10-12-16-23)32-29(36)37-30(5,6)7/h10-17,19,21,25-26H,8-9,18,20H2,1-7H3,(H,31,34)(H,32,36). The summed E-state index contributed by atoms with van der Waals surface area (Å²) in [6, 6.07) is 15.1. The van der Waals surface area contributed by atoms with E-state index in [0.717, 1.165) is 29.5 Å². The molecule has 2 rings (SSSR count). The van der Waals surface area contributed by atoms with Crippen molar-refractivity contribution in [3.05, 3.63) is 71.3 Å². The molecule has 0 saturated heterocycles. The van der Waals surface area contributed by atoms with Crippen molar-refractivity contribution >= 4 is 17.9 Å². The third-order valence-corrected chi connectivity index (χ3v) is 5.80. The average Bonchev–Trinajstić information content (AvgIpc) is 2.81. The van der Waals surface area contributed by atoms with E-state index < -0.39 is 23.8 Å². The van der Waals surface area contributed by atoms with E-state index in [1.54, 1.807) is 25.7 Å². The van der Waals surface area contributed by atoms with Crippen molar-refractivity contribution in [1.29, 1.82) is 0 Å². The zero-order chi connectivity index (χ0) is 27.6. The number of amides is 3. The van der Waals surface area contributed by atoms with Gasteiger partial charge in [0.15, 0.2) is 0 Å². The second kappa shape index (κ2) is 13.8. The van der Waals surface area contributed by atoms with Gasteiger partial charge in [-0.05, 0) is 59.1 Å². The highest BCUT2D eigenvalue weighted by atomic mass is 16.6. The molecule has 2 atom stereocenters. The van der Waals surface area contributed by atoms with Gasteiger partial charge in [0.1, 0.15) is 17.7 Å². The van der Waals surface area contributed by atoms with Crippen LogP contribution in [0.3, 0.4) is 0 Å². The topological polar surface area (TPSA) is 87.7 Å². The van der Waals surface area contributed by atoms with Crippen LogP contribution >= 0.6 is 0 Å². The van der Waals surface area contributed by atoms with E-state index in [0.29, 0.717) is 6.54 Å². The first kappa shape index (κ1) is 29.9.